The first-order chi connectivity index (χ1) is 15.9. The van der Waals surface area contributed by atoms with Crippen LogP contribution in [-0.2, 0) is 30.4 Å². The van der Waals surface area contributed by atoms with Gasteiger partial charge in [-0.25, -0.2) is 0 Å². The van der Waals surface area contributed by atoms with Crippen molar-refractivity contribution in [2.75, 3.05) is 18.1 Å². The fourth-order valence-electron chi connectivity index (χ4n) is 4.22. The normalized spacial score (nSPS) is 20.0. The highest BCUT2D eigenvalue weighted by atomic mass is 16.5. The van der Waals surface area contributed by atoms with Gasteiger partial charge >= 0.3 is 0 Å². The van der Waals surface area contributed by atoms with Crippen molar-refractivity contribution in [2.24, 2.45) is 0 Å². The van der Waals surface area contributed by atoms with Crippen molar-refractivity contribution in [3.63, 3.8) is 0 Å². The molecule has 0 radical (unpaired) electrons. The number of carbonyl (C=O) groups is 5. The molecule has 0 aliphatic carbocycles. The van der Waals surface area contributed by atoms with Crippen LogP contribution in [0.2, 0.25) is 0 Å². The van der Waals surface area contributed by atoms with Gasteiger partial charge in [-0.2, -0.15) is 0 Å². The van der Waals surface area contributed by atoms with Gasteiger partial charge in [0, 0.05) is 18.9 Å². The SMILES string of the molecule is CCCC(NC(=O)C1Cc2ccc3cc2N1C(=O)CNC(=O)CCCCCCO3)C(=O)C=O. The molecule has 33 heavy (non-hydrogen) atoms. The van der Waals surface area contributed by atoms with E-state index in [0.29, 0.717) is 37.3 Å². The van der Waals surface area contributed by atoms with Crippen LogP contribution in [-0.4, -0.2) is 55.0 Å². The Morgan fingerprint density at radius 3 is 2.79 bits per heavy atom. The first kappa shape index (κ1) is 24.4. The van der Waals surface area contributed by atoms with Gasteiger partial charge in [-0.3, -0.25) is 28.9 Å². The molecular weight excluding hydrogens is 426 g/mol. The van der Waals surface area contributed by atoms with Gasteiger partial charge in [0.05, 0.1) is 24.9 Å². The van der Waals surface area contributed by atoms with Gasteiger partial charge in [0.2, 0.25) is 23.5 Å². The van der Waals surface area contributed by atoms with Gasteiger partial charge in [-0.15, -0.1) is 0 Å². The lowest BCUT2D eigenvalue weighted by atomic mass is 10.1. The van der Waals surface area contributed by atoms with Crippen molar-refractivity contribution in [1.29, 1.82) is 0 Å². The molecule has 2 aliphatic heterocycles. The predicted octanol–water partition coefficient (Wildman–Crippen LogP) is 1.46. The largest absolute Gasteiger partial charge is 0.494 e. The van der Waals surface area contributed by atoms with E-state index in [1.54, 1.807) is 6.07 Å². The molecule has 2 bridgehead atoms. The van der Waals surface area contributed by atoms with E-state index >= 15 is 0 Å². The quantitative estimate of drug-likeness (QED) is 0.493. The van der Waals surface area contributed by atoms with Crippen LogP contribution in [0.4, 0.5) is 5.69 Å². The summed E-state index contributed by atoms with van der Waals surface area (Å²) in [7, 11) is 0. The molecule has 9 heteroatoms. The highest BCUT2D eigenvalue weighted by molar-refractivity contribution is 6.28. The Labute approximate surface area is 193 Å². The van der Waals surface area contributed by atoms with Crippen molar-refractivity contribution in [2.45, 2.75) is 70.4 Å². The molecule has 0 saturated carbocycles. The van der Waals surface area contributed by atoms with Crippen molar-refractivity contribution in [1.82, 2.24) is 10.6 Å². The van der Waals surface area contributed by atoms with E-state index in [2.05, 4.69) is 10.6 Å². The molecule has 2 unspecified atom stereocenters. The molecule has 2 N–H and O–H groups in total. The van der Waals surface area contributed by atoms with Crippen molar-refractivity contribution < 1.29 is 28.7 Å². The molecule has 3 rings (SSSR count). The Kier molecular flexibility index (Phi) is 8.57. The van der Waals surface area contributed by atoms with Crippen LogP contribution in [0.5, 0.6) is 5.75 Å². The third-order valence-electron chi connectivity index (χ3n) is 5.97. The number of hydrogen-bond donors (Lipinski definition) is 2. The minimum absolute atomic E-state index is 0.205. The number of nitrogens with one attached hydrogen (secondary N) is 2. The standard InChI is InChI=1S/C24H31N3O6/c1-2-7-18(21(29)15-28)26-24(32)20-12-16-9-10-17-13-19(16)27(20)23(31)14-25-22(30)8-5-3-4-6-11-33-17/h9-10,13,15,18,20H,2-8,11-12,14H2,1H3,(H,25,30)(H,26,32). The van der Waals surface area contributed by atoms with Gasteiger partial charge in [0.15, 0.2) is 6.29 Å². The van der Waals surface area contributed by atoms with Gasteiger partial charge in [0.25, 0.3) is 0 Å². The Hall–Kier alpha value is -3.23. The smallest absolute Gasteiger partial charge is 0.247 e. The van der Waals surface area contributed by atoms with Crippen molar-refractivity contribution >= 4 is 35.5 Å². The summed E-state index contributed by atoms with van der Waals surface area (Å²) >= 11 is 0. The van der Waals surface area contributed by atoms with E-state index in [0.717, 1.165) is 31.2 Å². The minimum Gasteiger partial charge on any atom is -0.494 e. The first-order valence-electron chi connectivity index (χ1n) is 11.6. The maximum atomic E-state index is 13.2. The molecule has 2 heterocycles. The number of fused-ring (bicyclic) bond motifs is 1. The highest BCUT2D eigenvalue weighted by Crippen LogP contribution is 2.35. The van der Waals surface area contributed by atoms with Crippen LogP contribution in [0.25, 0.3) is 0 Å². The number of anilines is 1. The van der Waals surface area contributed by atoms with Crippen LogP contribution in [0, 0.1) is 0 Å². The molecule has 9 nitrogen and oxygen atoms in total. The average Bonchev–Trinajstić information content (AvgIpc) is 3.19. The summed E-state index contributed by atoms with van der Waals surface area (Å²) in [6.45, 7) is 2.13. The maximum Gasteiger partial charge on any atom is 0.247 e. The summed E-state index contributed by atoms with van der Waals surface area (Å²) in [6, 6.07) is 3.56. The summed E-state index contributed by atoms with van der Waals surface area (Å²) in [4.78, 5) is 62.7. The molecule has 178 valence electrons. The number of benzene rings is 1. The zero-order chi connectivity index (χ0) is 23.8. The number of hydrogen-bond acceptors (Lipinski definition) is 6. The van der Waals surface area contributed by atoms with Crippen LogP contribution in [0.1, 0.15) is 57.4 Å². The number of nitrogens with zero attached hydrogens (tertiary/aromatic N) is 1. The molecular formula is C24H31N3O6. The zero-order valence-electron chi connectivity index (χ0n) is 18.9. The summed E-state index contributed by atoms with van der Waals surface area (Å²) in [6.07, 6.45) is 5.17. The Morgan fingerprint density at radius 1 is 1.24 bits per heavy atom. The fraction of sp³-hybridized carbons (Fsp3) is 0.542. The lowest BCUT2D eigenvalue weighted by molar-refractivity contribution is -0.134. The first-order valence-corrected chi connectivity index (χ1v) is 11.6. The van der Waals surface area contributed by atoms with Crippen LogP contribution < -0.4 is 20.3 Å². The molecule has 0 aromatic heterocycles. The van der Waals surface area contributed by atoms with Crippen LogP contribution in [0.3, 0.4) is 0 Å². The van der Waals surface area contributed by atoms with E-state index in [-0.39, 0.29) is 25.2 Å². The van der Waals surface area contributed by atoms with Gasteiger partial charge in [-0.1, -0.05) is 32.3 Å². The summed E-state index contributed by atoms with van der Waals surface area (Å²) in [5, 5.41) is 5.29. The van der Waals surface area contributed by atoms with E-state index < -0.39 is 29.7 Å². The number of Topliss-reactive ketones (excluding diaryl/α,β-unsaturated/α-hetero) is 1. The second kappa shape index (κ2) is 11.6. The van der Waals surface area contributed by atoms with Crippen molar-refractivity contribution in [3.8, 4) is 5.75 Å². The van der Waals surface area contributed by atoms with E-state index in [4.69, 9.17) is 4.74 Å². The van der Waals surface area contributed by atoms with Gasteiger partial charge in [0.1, 0.15) is 11.8 Å². The minimum atomic E-state index is -0.930. The zero-order valence-corrected chi connectivity index (χ0v) is 18.9. The number of aldehydes is 1. The topological polar surface area (TPSA) is 122 Å². The summed E-state index contributed by atoms with van der Waals surface area (Å²) < 4.78 is 5.84. The van der Waals surface area contributed by atoms with Crippen LogP contribution >= 0.6 is 0 Å². The monoisotopic (exact) mass is 457 g/mol. The number of rotatable bonds is 6. The van der Waals surface area contributed by atoms with Crippen molar-refractivity contribution in [3.05, 3.63) is 23.8 Å². The van der Waals surface area contributed by atoms with Gasteiger partial charge in [-0.05, 0) is 30.9 Å². The lowest BCUT2D eigenvalue weighted by Crippen LogP contribution is -2.54. The van der Waals surface area contributed by atoms with E-state index in [1.165, 1.54) is 4.90 Å². The van der Waals surface area contributed by atoms with E-state index in [1.807, 2.05) is 19.1 Å². The molecule has 3 amide bonds. The number of amides is 3. The number of ketones is 1. The molecule has 0 saturated heterocycles. The molecule has 1 aromatic carbocycles. The Morgan fingerprint density at radius 2 is 2.03 bits per heavy atom. The van der Waals surface area contributed by atoms with Crippen LogP contribution in [0.15, 0.2) is 18.2 Å². The fourth-order valence-corrected chi connectivity index (χ4v) is 4.22. The van der Waals surface area contributed by atoms with Gasteiger partial charge < -0.3 is 15.4 Å². The third kappa shape index (κ3) is 6.18. The second-order valence-corrected chi connectivity index (χ2v) is 8.43. The van der Waals surface area contributed by atoms with E-state index in [9.17, 15) is 24.0 Å². The number of carbonyl (C=O) groups excluding carboxylic acids is 5. The molecule has 1 aromatic rings. The summed E-state index contributed by atoms with van der Waals surface area (Å²) in [5.74, 6) is -1.25. The third-order valence-corrected chi connectivity index (χ3v) is 5.97. The maximum absolute atomic E-state index is 13.2. The molecule has 2 aliphatic rings. The molecule has 2 atom stereocenters. The predicted molar refractivity (Wildman–Crippen MR) is 121 cm³/mol. The molecule has 0 fully saturated rings. The summed E-state index contributed by atoms with van der Waals surface area (Å²) in [5.41, 5.74) is 1.34. The Balaban J connectivity index is 1.87. The molecule has 0 spiro atoms. The second-order valence-electron chi connectivity index (χ2n) is 8.43. The highest BCUT2D eigenvalue weighted by Gasteiger charge is 2.39. The Bertz CT molecular complexity index is 915. The lowest BCUT2D eigenvalue weighted by Gasteiger charge is -2.26. The number of ether oxygens (including phenoxy) is 1. The average molecular weight is 458 g/mol.